The number of amides is 1. The van der Waals surface area contributed by atoms with Gasteiger partial charge in [-0.3, -0.25) is 14.2 Å². The lowest BCUT2D eigenvalue weighted by Gasteiger charge is -2.17. The molecule has 0 saturated carbocycles. The van der Waals surface area contributed by atoms with Crippen molar-refractivity contribution >= 4 is 45.0 Å². The Morgan fingerprint density at radius 2 is 2.42 bits per heavy atom. The summed E-state index contributed by atoms with van der Waals surface area (Å²) in [7, 11) is 0. The molecule has 3 heterocycles. The van der Waals surface area contributed by atoms with Crippen molar-refractivity contribution < 1.29 is 4.79 Å². The highest BCUT2D eigenvalue weighted by atomic mass is 32.1. The van der Waals surface area contributed by atoms with Gasteiger partial charge >= 0.3 is 0 Å². The van der Waals surface area contributed by atoms with Crippen LogP contribution in [0.5, 0.6) is 0 Å². The molecular formula is C18H18N4O2S2. The average Bonchev–Trinajstić information content (AvgIpc) is 3.24. The third kappa shape index (κ3) is 3.34. The van der Waals surface area contributed by atoms with E-state index in [4.69, 9.17) is 0 Å². The topological polar surface area (TPSA) is 76.3 Å². The molecule has 134 valence electrons. The number of hydrogen-bond acceptors (Lipinski definition) is 6. The number of aryl methyl sites for hydroxylation is 1. The number of carbonyl (C=O) groups excluding carboxylic acids is 1. The first-order valence-electron chi connectivity index (χ1n) is 8.47. The molecule has 3 aromatic heterocycles. The first-order chi connectivity index (χ1) is 12.6. The molecule has 0 aliphatic heterocycles. The molecular weight excluding hydrogens is 368 g/mol. The minimum absolute atomic E-state index is 0.0927. The van der Waals surface area contributed by atoms with Crippen LogP contribution in [0.25, 0.3) is 10.2 Å². The fraction of sp³-hybridized carbons (Fsp3) is 0.333. The van der Waals surface area contributed by atoms with E-state index in [1.54, 1.807) is 17.6 Å². The van der Waals surface area contributed by atoms with Gasteiger partial charge < -0.3 is 0 Å². The van der Waals surface area contributed by atoms with Crippen LogP contribution in [0.4, 0.5) is 0 Å². The maximum Gasteiger partial charge on any atom is 0.262 e. The summed E-state index contributed by atoms with van der Waals surface area (Å²) in [6.07, 6.45) is 6.05. The van der Waals surface area contributed by atoms with E-state index in [-0.39, 0.29) is 18.0 Å². The van der Waals surface area contributed by atoms with E-state index in [0.29, 0.717) is 11.3 Å². The van der Waals surface area contributed by atoms with Gasteiger partial charge in [0.1, 0.15) is 11.4 Å². The Hall–Kier alpha value is -2.32. The maximum atomic E-state index is 12.9. The zero-order chi connectivity index (χ0) is 18.1. The Kier molecular flexibility index (Phi) is 4.69. The van der Waals surface area contributed by atoms with Crippen molar-refractivity contribution in [1.82, 2.24) is 15.0 Å². The van der Waals surface area contributed by atoms with Crippen LogP contribution in [0, 0.1) is 5.92 Å². The van der Waals surface area contributed by atoms with Gasteiger partial charge in [-0.15, -0.1) is 22.7 Å². The summed E-state index contributed by atoms with van der Waals surface area (Å²) in [6, 6.07) is 3.82. The molecule has 26 heavy (non-hydrogen) atoms. The molecule has 0 spiro atoms. The number of carbonyl (C=O) groups is 1. The third-order valence-electron chi connectivity index (χ3n) is 4.52. The predicted octanol–water partition coefficient (Wildman–Crippen LogP) is 2.79. The third-order valence-corrected chi connectivity index (χ3v) is 6.49. The molecule has 1 atom stereocenters. The van der Waals surface area contributed by atoms with Crippen LogP contribution in [-0.2, 0) is 24.2 Å². The van der Waals surface area contributed by atoms with E-state index < -0.39 is 0 Å². The van der Waals surface area contributed by atoms with E-state index in [9.17, 15) is 9.59 Å². The minimum Gasteiger partial charge on any atom is -0.289 e. The van der Waals surface area contributed by atoms with Crippen molar-refractivity contribution in [1.29, 1.82) is 0 Å². The van der Waals surface area contributed by atoms with Crippen LogP contribution in [0.2, 0.25) is 0 Å². The fourth-order valence-corrected chi connectivity index (χ4v) is 5.13. The van der Waals surface area contributed by atoms with Gasteiger partial charge in [0, 0.05) is 9.75 Å². The average molecular weight is 387 g/mol. The summed E-state index contributed by atoms with van der Waals surface area (Å²) in [5.41, 5.74) is 3.45. The Morgan fingerprint density at radius 3 is 3.23 bits per heavy atom. The number of fused-ring (bicyclic) bond motifs is 3. The Labute approximate surface area is 158 Å². The van der Waals surface area contributed by atoms with E-state index >= 15 is 0 Å². The summed E-state index contributed by atoms with van der Waals surface area (Å²) in [6.45, 7) is 2.14. The smallest absolute Gasteiger partial charge is 0.262 e. The number of hydrazone groups is 1. The SMILES string of the molecule is C[C@H]1CCc2c(sc3ncn(CC(=O)N/N=C\c4cccs4)c(=O)c23)C1. The van der Waals surface area contributed by atoms with Crippen molar-refractivity contribution in [2.24, 2.45) is 11.0 Å². The van der Waals surface area contributed by atoms with E-state index in [1.807, 2.05) is 17.5 Å². The van der Waals surface area contributed by atoms with Gasteiger partial charge in [0.15, 0.2) is 0 Å². The zero-order valence-electron chi connectivity index (χ0n) is 14.3. The summed E-state index contributed by atoms with van der Waals surface area (Å²) >= 11 is 3.14. The lowest BCUT2D eigenvalue weighted by atomic mass is 9.89. The van der Waals surface area contributed by atoms with Crippen LogP contribution < -0.4 is 11.0 Å². The number of nitrogens with one attached hydrogen (secondary N) is 1. The highest BCUT2D eigenvalue weighted by Crippen LogP contribution is 2.35. The van der Waals surface area contributed by atoms with Crippen LogP contribution >= 0.6 is 22.7 Å². The van der Waals surface area contributed by atoms with Gasteiger partial charge in [0.2, 0.25) is 0 Å². The standard InChI is InChI=1S/C18H18N4O2S2/c1-11-4-5-13-14(7-11)26-17-16(13)18(24)22(10-19-17)9-15(23)21-20-8-12-3-2-6-25-12/h2-3,6,8,10-11H,4-5,7,9H2,1H3,(H,21,23)/b20-8-/t11-/m0/s1. The molecule has 1 aliphatic rings. The molecule has 1 aliphatic carbocycles. The largest absolute Gasteiger partial charge is 0.289 e. The van der Waals surface area contributed by atoms with Gasteiger partial charge in [0.25, 0.3) is 11.5 Å². The van der Waals surface area contributed by atoms with Crippen molar-refractivity contribution in [3.8, 4) is 0 Å². The normalized spacial score (nSPS) is 16.9. The Morgan fingerprint density at radius 1 is 1.54 bits per heavy atom. The first kappa shape index (κ1) is 17.1. The predicted molar refractivity (Wildman–Crippen MR) is 105 cm³/mol. The van der Waals surface area contributed by atoms with Crippen molar-refractivity contribution in [3.63, 3.8) is 0 Å². The quantitative estimate of drug-likeness (QED) is 0.553. The summed E-state index contributed by atoms with van der Waals surface area (Å²) < 4.78 is 1.36. The number of thiophene rings is 2. The highest BCUT2D eigenvalue weighted by Gasteiger charge is 2.23. The Balaban J connectivity index is 1.54. The van der Waals surface area contributed by atoms with Gasteiger partial charge in [-0.05, 0) is 42.2 Å². The molecule has 0 bridgehead atoms. The monoisotopic (exact) mass is 386 g/mol. The number of rotatable bonds is 4. The lowest BCUT2D eigenvalue weighted by molar-refractivity contribution is -0.121. The summed E-state index contributed by atoms with van der Waals surface area (Å²) in [5.74, 6) is 0.295. The van der Waals surface area contributed by atoms with Gasteiger partial charge in [-0.1, -0.05) is 13.0 Å². The fourth-order valence-electron chi connectivity index (χ4n) is 3.20. The second-order valence-electron chi connectivity index (χ2n) is 6.52. The summed E-state index contributed by atoms with van der Waals surface area (Å²) in [4.78, 5) is 32.4. The van der Waals surface area contributed by atoms with Crippen molar-refractivity contribution in [2.75, 3.05) is 0 Å². The molecule has 8 heteroatoms. The van der Waals surface area contributed by atoms with Gasteiger partial charge in [-0.2, -0.15) is 5.10 Å². The molecule has 0 unspecified atom stereocenters. The lowest BCUT2D eigenvalue weighted by Crippen LogP contribution is -2.30. The molecule has 0 aromatic carbocycles. The van der Waals surface area contributed by atoms with Crippen molar-refractivity contribution in [3.05, 3.63) is 49.5 Å². The molecule has 1 amide bonds. The van der Waals surface area contributed by atoms with E-state index in [1.165, 1.54) is 27.1 Å². The molecule has 4 rings (SSSR count). The van der Waals surface area contributed by atoms with Gasteiger partial charge in [0.05, 0.1) is 17.9 Å². The van der Waals surface area contributed by atoms with Crippen molar-refractivity contribution in [2.45, 2.75) is 32.7 Å². The summed E-state index contributed by atoms with van der Waals surface area (Å²) in [5, 5.41) is 6.55. The second kappa shape index (κ2) is 7.13. The van der Waals surface area contributed by atoms with E-state index in [0.717, 1.165) is 34.5 Å². The van der Waals surface area contributed by atoms with Crippen LogP contribution in [-0.4, -0.2) is 21.7 Å². The molecule has 0 fully saturated rings. The molecule has 0 radical (unpaired) electrons. The van der Waals surface area contributed by atoms with E-state index in [2.05, 4.69) is 22.4 Å². The maximum absolute atomic E-state index is 12.9. The highest BCUT2D eigenvalue weighted by molar-refractivity contribution is 7.18. The van der Waals surface area contributed by atoms with Crippen LogP contribution in [0.3, 0.4) is 0 Å². The molecule has 0 saturated heterocycles. The second-order valence-corrected chi connectivity index (χ2v) is 8.58. The molecule has 6 nitrogen and oxygen atoms in total. The van der Waals surface area contributed by atoms with Crippen LogP contribution in [0.1, 0.15) is 28.7 Å². The minimum atomic E-state index is -0.348. The molecule has 1 N–H and O–H groups in total. The zero-order valence-corrected chi connectivity index (χ0v) is 15.9. The first-order valence-corrected chi connectivity index (χ1v) is 10.2. The number of hydrogen-bond donors (Lipinski definition) is 1. The molecule has 3 aromatic rings. The van der Waals surface area contributed by atoms with Crippen LogP contribution in [0.15, 0.2) is 33.7 Å². The number of aromatic nitrogens is 2. The number of nitrogens with zero attached hydrogens (tertiary/aromatic N) is 3. The van der Waals surface area contributed by atoms with Gasteiger partial charge in [-0.25, -0.2) is 10.4 Å². The Bertz CT molecular complexity index is 1030.